The van der Waals surface area contributed by atoms with Gasteiger partial charge in [-0.25, -0.2) is 4.79 Å². The molecule has 0 aromatic heterocycles. The maximum Gasteiger partial charge on any atom is 1.00 e. The largest absolute Gasteiger partial charge is 1.00 e. The summed E-state index contributed by atoms with van der Waals surface area (Å²) in [6, 6.07) is 28.6. The number of carbonyl (C=O) groups is 5. The average Bonchev–Trinajstić information content (AvgIpc) is 3.28. The molecule has 0 saturated heterocycles. The summed E-state index contributed by atoms with van der Waals surface area (Å²) in [5, 5.41) is 0. The summed E-state index contributed by atoms with van der Waals surface area (Å²) in [4.78, 5) is 74.4. The van der Waals surface area contributed by atoms with Crippen molar-refractivity contribution in [2.75, 3.05) is 56.4 Å². The van der Waals surface area contributed by atoms with Crippen molar-refractivity contribution in [3.8, 4) is 0 Å². The predicted molar refractivity (Wildman–Crippen MR) is 214 cm³/mol. The molecule has 1 unspecified atom stereocenters. The van der Waals surface area contributed by atoms with E-state index in [9.17, 15) is 24.0 Å². The minimum atomic E-state index is -1.03. The summed E-state index contributed by atoms with van der Waals surface area (Å²) < 4.78 is 34.9. The van der Waals surface area contributed by atoms with Crippen LogP contribution in [0.25, 0.3) is 12.2 Å². The third-order valence-electron chi connectivity index (χ3n) is 6.90. The predicted octanol–water partition coefficient (Wildman–Crippen LogP) is 2.86. The van der Waals surface area contributed by atoms with Crippen molar-refractivity contribution in [1.29, 1.82) is 0 Å². The Labute approximate surface area is 367 Å². The molecule has 0 amide bonds. The SMILES string of the molecule is C=CC(c1ccccc1)C(C(=O)OC)C(=O)OC.COC(=O)C(C/C=C/c1ccccc1)C(=O)OC.COC(=O)OC/C=C/c1ccccc1.CO[C-]=O.CO[C-]=O.[Na+]. The summed E-state index contributed by atoms with van der Waals surface area (Å²) in [5.41, 5.74) is 2.89. The standard InChI is InChI=1S/2C14H16O4.C11H12O3.2C2H3O2.Na/c1-17-13(15)12(14(16)18-2)10-6-9-11-7-4-3-5-8-11;1-4-11(10-8-6-5-7-9-10)12(13(15)17-2)14(16)18-3;1-13-11(12)14-9-5-8-10-6-3-2-4-7-10;2*1-4-2-3;/h3-9,12H,10H2,1-2H3;4-9,11-12H,1H2,2-3H3;2-8H,9H2,1H3;2*1H3;/q;;;2*-1;+1/b9-6+;;8-5+;;;. The van der Waals surface area contributed by atoms with Gasteiger partial charge in [0.1, 0.15) is 6.61 Å². The second-order valence-corrected chi connectivity index (χ2v) is 10.5. The zero-order valence-corrected chi connectivity index (χ0v) is 36.5. The van der Waals surface area contributed by atoms with Gasteiger partial charge >= 0.3 is 59.6 Å². The maximum absolute atomic E-state index is 11.7. The molecule has 3 rings (SSSR count). The van der Waals surface area contributed by atoms with Gasteiger partial charge in [0.05, 0.1) is 35.5 Å². The van der Waals surface area contributed by atoms with Gasteiger partial charge < -0.3 is 47.5 Å². The van der Waals surface area contributed by atoms with Gasteiger partial charge in [-0.2, -0.15) is 0 Å². The fourth-order valence-electron chi connectivity index (χ4n) is 4.18. The van der Waals surface area contributed by atoms with E-state index in [-0.39, 0.29) is 42.6 Å². The molecule has 59 heavy (non-hydrogen) atoms. The molecule has 0 fully saturated rings. The van der Waals surface area contributed by atoms with Crippen LogP contribution in [0.2, 0.25) is 0 Å². The number of hydrogen-bond acceptors (Lipinski definition) is 15. The molecule has 15 nitrogen and oxygen atoms in total. The van der Waals surface area contributed by atoms with Crippen LogP contribution in [-0.4, -0.2) is 99.4 Å². The summed E-state index contributed by atoms with van der Waals surface area (Å²) in [7, 11) is 8.77. The number of methoxy groups -OCH3 is 7. The van der Waals surface area contributed by atoms with Gasteiger partial charge in [0, 0.05) is 20.1 Å². The van der Waals surface area contributed by atoms with Gasteiger partial charge in [0.25, 0.3) is 0 Å². The van der Waals surface area contributed by atoms with Gasteiger partial charge in [-0.3, -0.25) is 19.2 Å². The summed E-state index contributed by atoms with van der Waals surface area (Å²) in [6.45, 7) is 6.26. The molecule has 0 aliphatic rings. The van der Waals surface area contributed by atoms with Crippen molar-refractivity contribution < 1.29 is 101 Å². The average molecular weight is 830 g/mol. The van der Waals surface area contributed by atoms with E-state index in [4.69, 9.17) is 9.59 Å². The molecular weight excluding hydrogens is 779 g/mol. The number of benzene rings is 3. The Balaban J connectivity index is -0.000000727. The first-order valence-electron chi connectivity index (χ1n) is 16.9. The first-order valence-corrected chi connectivity index (χ1v) is 16.9. The molecule has 0 aliphatic heterocycles. The van der Waals surface area contributed by atoms with Crippen LogP contribution in [0.1, 0.15) is 29.0 Å². The second-order valence-electron chi connectivity index (χ2n) is 10.5. The summed E-state index contributed by atoms with van der Waals surface area (Å²) in [6.07, 6.45) is 8.38. The van der Waals surface area contributed by atoms with E-state index < -0.39 is 47.8 Å². The van der Waals surface area contributed by atoms with Crippen LogP contribution in [0, 0.1) is 11.8 Å². The zero-order valence-electron chi connectivity index (χ0n) is 34.5. The topological polar surface area (TPSA) is 193 Å². The van der Waals surface area contributed by atoms with E-state index in [0.717, 1.165) is 16.7 Å². The zero-order chi connectivity index (χ0) is 44.0. The van der Waals surface area contributed by atoms with Crippen LogP contribution in [0.15, 0.2) is 116 Å². The molecule has 0 aliphatic carbocycles. The molecule has 0 heterocycles. The number of ether oxygens (including phenoxy) is 8. The van der Waals surface area contributed by atoms with Gasteiger partial charge in [-0.05, 0) is 29.2 Å². The first-order chi connectivity index (χ1) is 28.0. The molecule has 0 spiro atoms. The van der Waals surface area contributed by atoms with Gasteiger partial charge in [0.15, 0.2) is 11.8 Å². The Morgan fingerprint density at radius 3 is 1.29 bits per heavy atom. The monoisotopic (exact) mass is 829 g/mol. The van der Waals surface area contributed by atoms with Crippen molar-refractivity contribution in [2.24, 2.45) is 11.8 Å². The molecule has 3 aromatic carbocycles. The van der Waals surface area contributed by atoms with Crippen LogP contribution < -0.4 is 29.6 Å². The first kappa shape index (κ1) is 57.3. The van der Waals surface area contributed by atoms with E-state index >= 15 is 0 Å². The van der Waals surface area contributed by atoms with Crippen LogP contribution in [-0.2, 0) is 66.7 Å². The van der Waals surface area contributed by atoms with Crippen LogP contribution in [0.4, 0.5) is 4.79 Å². The minimum absolute atomic E-state index is 0. The molecule has 3 aromatic rings. The normalized spacial score (nSPS) is 9.92. The Morgan fingerprint density at radius 1 is 0.576 bits per heavy atom. The van der Waals surface area contributed by atoms with Gasteiger partial charge in [0.2, 0.25) is 0 Å². The Kier molecular flexibility index (Phi) is 37.7. The molecule has 314 valence electrons. The molecular formula is C43H50NaO15-. The molecule has 0 radical (unpaired) electrons. The number of carbonyl (C=O) groups excluding carboxylic acids is 7. The number of rotatable bonds is 15. The number of hydrogen-bond donors (Lipinski definition) is 0. The van der Waals surface area contributed by atoms with Gasteiger partial charge in [-0.15, -0.1) is 6.58 Å². The smallest absolute Gasteiger partial charge is 0.655 e. The molecule has 0 bridgehead atoms. The van der Waals surface area contributed by atoms with Gasteiger partial charge in [-0.1, -0.05) is 128 Å². The molecule has 16 heteroatoms. The van der Waals surface area contributed by atoms with E-state index in [1.807, 2.05) is 103 Å². The minimum Gasteiger partial charge on any atom is -0.655 e. The van der Waals surface area contributed by atoms with Crippen molar-refractivity contribution >= 4 is 55.1 Å². The van der Waals surface area contributed by atoms with E-state index in [1.165, 1.54) is 62.7 Å². The number of allylic oxidation sites excluding steroid dienone is 2. The van der Waals surface area contributed by atoms with Crippen molar-refractivity contribution in [1.82, 2.24) is 0 Å². The van der Waals surface area contributed by atoms with E-state index in [0.29, 0.717) is 0 Å². The fraction of sp³-hybridized carbons (Fsp3) is 0.279. The summed E-state index contributed by atoms with van der Waals surface area (Å²) in [5.74, 6) is -4.82. The van der Waals surface area contributed by atoms with E-state index in [1.54, 1.807) is 18.2 Å². The second kappa shape index (κ2) is 38.8. The fourth-order valence-corrected chi connectivity index (χ4v) is 4.18. The molecule has 0 N–H and O–H groups in total. The molecule has 0 saturated carbocycles. The third-order valence-corrected chi connectivity index (χ3v) is 6.90. The maximum atomic E-state index is 11.7. The Hall–Kier alpha value is -6.03. The van der Waals surface area contributed by atoms with Crippen LogP contribution in [0.3, 0.4) is 0 Å². The quantitative estimate of drug-likeness (QED) is 0.0542. The van der Waals surface area contributed by atoms with Crippen LogP contribution in [0.5, 0.6) is 0 Å². The third kappa shape index (κ3) is 27.3. The summed E-state index contributed by atoms with van der Waals surface area (Å²) >= 11 is 0. The Bertz CT molecular complexity index is 1620. The molecule has 1 atom stereocenters. The Morgan fingerprint density at radius 2 is 0.949 bits per heavy atom. The van der Waals surface area contributed by atoms with Crippen LogP contribution >= 0.6 is 0 Å². The van der Waals surface area contributed by atoms with E-state index in [2.05, 4.69) is 44.5 Å². The number of esters is 4. The van der Waals surface area contributed by atoms with Crippen molar-refractivity contribution in [3.63, 3.8) is 0 Å². The van der Waals surface area contributed by atoms with Crippen molar-refractivity contribution in [3.05, 3.63) is 132 Å². The van der Waals surface area contributed by atoms with Crippen molar-refractivity contribution in [2.45, 2.75) is 12.3 Å².